The standard InChI is InChI=1S/C19H27N/c1-13-3-4-18(14(2)5-13)20-12-19-9-15-6-16(10-19)8-17(7-15)11-19/h3-5,15-17,20H,6-12H2,1-2H3. The Morgan fingerprint density at radius 3 is 2.15 bits per heavy atom. The van der Waals surface area contributed by atoms with Gasteiger partial charge in [-0.2, -0.15) is 0 Å². The van der Waals surface area contributed by atoms with Crippen LogP contribution in [0.2, 0.25) is 0 Å². The van der Waals surface area contributed by atoms with Gasteiger partial charge in [0.05, 0.1) is 0 Å². The van der Waals surface area contributed by atoms with E-state index in [1.54, 1.807) is 19.3 Å². The lowest BCUT2D eigenvalue weighted by atomic mass is 9.49. The first kappa shape index (κ1) is 12.7. The highest BCUT2D eigenvalue weighted by molar-refractivity contribution is 5.52. The molecule has 1 heteroatoms. The van der Waals surface area contributed by atoms with Crippen LogP contribution in [0.3, 0.4) is 0 Å². The molecule has 1 aromatic rings. The second-order valence-corrected chi connectivity index (χ2v) is 8.09. The van der Waals surface area contributed by atoms with Crippen molar-refractivity contribution in [3.05, 3.63) is 29.3 Å². The maximum absolute atomic E-state index is 3.80. The lowest BCUT2D eigenvalue weighted by molar-refractivity contribution is -0.0444. The molecule has 0 amide bonds. The molecule has 0 aromatic heterocycles. The number of benzene rings is 1. The van der Waals surface area contributed by atoms with E-state index in [-0.39, 0.29) is 0 Å². The predicted octanol–water partition coefficient (Wildman–Crippen LogP) is 4.93. The van der Waals surface area contributed by atoms with Gasteiger partial charge in [0.1, 0.15) is 0 Å². The van der Waals surface area contributed by atoms with Crippen LogP contribution in [-0.4, -0.2) is 6.54 Å². The average molecular weight is 269 g/mol. The Kier molecular flexibility index (Phi) is 2.87. The third-order valence-electron chi connectivity index (χ3n) is 6.20. The van der Waals surface area contributed by atoms with E-state index in [0.29, 0.717) is 5.41 Å². The molecular formula is C19H27N. The molecule has 5 rings (SSSR count). The average Bonchev–Trinajstić information content (AvgIpc) is 2.36. The maximum atomic E-state index is 3.80. The quantitative estimate of drug-likeness (QED) is 0.820. The Morgan fingerprint density at radius 2 is 1.60 bits per heavy atom. The lowest BCUT2D eigenvalue weighted by Gasteiger charge is -2.57. The second-order valence-electron chi connectivity index (χ2n) is 8.09. The first-order chi connectivity index (χ1) is 9.62. The summed E-state index contributed by atoms with van der Waals surface area (Å²) in [4.78, 5) is 0. The lowest BCUT2D eigenvalue weighted by Crippen LogP contribution is -2.49. The van der Waals surface area contributed by atoms with Gasteiger partial charge in [0.2, 0.25) is 0 Å². The van der Waals surface area contributed by atoms with Gasteiger partial charge >= 0.3 is 0 Å². The zero-order valence-corrected chi connectivity index (χ0v) is 12.9. The van der Waals surface area contributed by atoms with Gasteiger partial charge in [0.25, 0.3) is 0 Å². The van der Waals surface area contributed by atoms with Gasteiger partial charge < -0.3 is 5.32 Å². The van der Waals surface area contributed by atoms with Gasteiger partial charge in [0, 0.05) is 12.2 Å². The van der Waals surface area contributed by atoms with E-state index >= 15 is 0 Å². The largest absolute Gasteiger partial charge is 0.384 e. The summed E-state index contributed by atoms with van der Waals surface area (Å²) >= 11 is 0. The molecule has 4 saturated carbocycles. The van der Waals surface area contributed by atoms with E-state index in [0.717, 1.165) is 17.8 Å². The summed E-state index contributed by atoms with van der Waals surface area (Å²) in [5.74, 6) is 3.17. The molecule has 0 atom stereocenters. The second kappa shape index (κ2) is 4.51. The number of nitrogens with one attached hydrogen (secondary N) is 1. The summed E-state index contributed by atoms with van der Waals surface area (Å²) in [7, 11) is 0. The Hall–Kier alpha value is -0.980. The van der Waals surface area contributed by atoms with Crippen LogP contribution in [-0.2, 0) is 0 Å². The molecular weight excluding hydrogens is 242 g/mol. The van der Waals surface area contributed by atoms with E-state index in [1.807, 2.05) is 0 Å². The molecule has 4 aliphatic rings. The fraction of sp³-hybridized carbons (Fsp3) is 0.684. The van der Waals surface area contributed by atoms with Crippen molar-refractivity contribution >= 4 is 5.69 Å². The molecule has 1 aromatic carbocycles. The van der Waals surface area contributed by atoms with Crippen LogP contribution in [0.25, 0.3) is 0 Å². The highest BCUT2D eigenvalue weighted by Crippen LogP contribution is 2.59. The molecule has 4 bridgehead atoms. The van der Waals surface area contributed by atoms with Crippen molar-refractivity contribution in [3.8, 4) is 0 Å². The molecule has 0 heterocycles. The van der Waals surface area contributed by atoms with Crippen molar-refractivity contribution < 1.29 is 0 Å². The number of aryl methyl sites for hydroxylation is 2. The Labute approximate surface area is 123 Å². The van der Waals surface area contributed by atoms with Gasteiger partial charge in [-0.15, -0.1) is 0 Å². The topological polar surface area (TPSA) is 12.0 Å². The Bertz CT molecular complexity index is 481. The minimum absolute atomic E-state index is 0.631. The molecule has 108 valence electrons. The van der Waals surface area contributed by atoms with Crippen LogP contribution in [0.4, 0.5) is 5.69 Å². The first-order valence-electron chi connectivity index (χ1n) is 8.43. The predicted molar refractivity (Wildman–Crippen MR) is 85.0 cm³/mol. The summed E-state index contributed by atoms with van der Waals surface area (Å²) in [6, 6.07) is 6.79. The van der Waals surface area contributed by atoms with Crippen molar-refractivity contribution in [1.29, 1.82) is 0 Å². The highest BCUT2D eigenvalue weighted by Gasteiger charge is 2.50. The molecule has 0 aliphatic heterocycles. The molecule has 0 spiro atoms. The van der Waals surface area contributed by atoms with Crippen LogP contribution in [0.1, 0.15) is 49.7 Å². The normalized spacial score (nSPS) is 38.2. The van der Waals surface area contributed by atoms with Crippen molar-refractivity contribution in [2.75, 3.05) is 11.9 Å². The van der Waals surface area contributed by atoms with Crippen LogP contribution in [0.15, 0.2) is 18.2 Å². The van der Waals surface area contributed by atoms with E-state index in [1.165, 1.54) is 42.6 Å². The zero-order chi connectivity index (χ0) is 13.7. The van der Waals surface area contributed by atoms with Gasteiger partial charge in [-0.3, -0.25) is 0 Å². The van der Waals surface area contributed by atoms with E-state index in [9.17, 15) is 0 Å². The third kappa shape index (κ3) is 2.16. The van der Waals surface area contributed by atoms with E-state index in [2.05, 4.69) is 37.4 Å². The molecule has 4 aliphatic carbocycles. The van der Waals surface area contributed by atoms with Crippen LogP contribution in [0.5, 0.6) is 0 Å². The van der Waals surface area contributed by atoms with Crippen molar-refractivity contribution in [2.24, 2.45) is 23.2 Å². The van der Waals surface area contributed by atoms with Crippen LogP contribution < -0.4 is 5.32 Å². The summed E-state index contributed by atoms with van der Waals surface area (Å²) in [5, 5.41) is 3.80. The van der Waals surface area contributed by atoms with Gasteiger partial charge in [0.15, 0.2) is 0 Å². The highest BCUT2D eigenvalue weighted by atomic mass is 14.9. The number of hydrogen-bond donors (Lipinski definition) is 1. The maximum Gasteiger partial charge on any atom is 0.0370 e. The third-order valence-corrected chi connectivity index (χ3v) is 6.20. The van der Waals surface area contributed by atoms with Crippen LogP contribution in [0, 0.1) is 37.0 Å². The summed E-state index contributed by atoms with van der Waals surface area (Å²) < 4.78 is 0. The molecule has 0 unspecified atom stereocenters. The SMILES string of the molecule is Cc1ccc(NCC23CC4CC(CC(C4)C2)C3)c(C)c1. The fourth-order valence-electron chi connectivity index (χ4n) is 5.80. The van der Waals surface area contributed by atoms with E-state index < -0.39 is 0 Å². The van der Waals surface area contributed by atoms with E-state index in [4.69, 9.17) is 0 Å². The Balaban J connectivity index is 1.49. The number of hydrogen-bond acceptors (Lipinski definition) is 1. The van der Waals surface area contributed by atoms with Crippen LogP contribution >= 0.6 is 0 Å². The molecule has 1 nitrogen and oxygen atoms in total. The van der Waals surface area contributed by atoms with Crippen molar-refractivity contribution in [2.45, 2.75) is 52.4 Å². The molecule has 0 saturated heterocycles. The number of rotatable bonds is 3. The molecule has 0 radical (unpaired) electrons. The van der Waals surface area contributed by atoms with Crippen molar-refractivity contribution in [1.82, 2.24) is 0 Å². The van der Waals surface area contributed by atoms with Crippen molar-refractivity contribution in [3.63, 3.8) is 0 Å². The molecule has 1 N–H and O–H groups in total. The van der Waals surface area contributed by atoms with Gasteiger partial charge in [-0.05, 0) is 87.2 Å². The van der Waals surface area contributed by atoms with Gasteiger partial charge in [-0.1, -0.05) is 17.7 Å². The zero-order valence-electron chi connectivity index (χ0n) is 12.9. The van der Waals surface area contributed by atoms with Gasteiger partial charge in [-0.25, -0.2) is 0 Å². The monoisotopic (exact) mass is 269 g/mol. The molecule has 4 fully saturated rings. The molecule has 20 heavy (non-hydrogen) atoms. The summed E-state index contributed by atoms with van der Waals surface area (Å²) in [5.41, 5.74) is 4.75. The fourth-order valence-corrected chi connectivity index (χ4v) is 5.80. The minimum Gasteiger partial charge on any atom is -0.384 e. The number of anilines is 1. The minimum atomic E-state index is 0.631. The Morgan fingerprint density at radius 1 is 1.00 bits per heavy atom. The smallest absolute Gasteiger partial charge is 0.0370 e. The first-order valence-corrected chi connectivity index (χ1v) is 8.43. The summed E-state index contributed by atoms with van der Waals surface area (Å²) in [6.45, 7) is 5.62. The summed E-state index contributed by atoms with van der Waals surface area (Å²) in [6.07, 6.45) is 9.12.